The van der Waals surface area contributed by atoms with Gasteiger partial charge in [-0.05, 0) is 36.4 Å². The van der Waals surface area contributed by atoms with E-state index in [0.29, 0.717) is 34.0 Å². The topological polar surface area (TPSA) is 81.4 Å². The Morgan fingerprint density at radius 3 is 2.60 bits per heavy atom. The molecule has 2 aromatic carbocycles. The molecule has 0 fully saturated rings. The van der Waals surface area contributed by atoms with Gasteiger partial charge in [0, 0.05) is 25.3 Å². The number of ether oxygens (including phenoxy) is 1. The maximum Gasteiger partial charge on any atom is 0.224 e. The molecule has 0 aliphatic carbocycles. The summed E-state index contributed by atoms with van der Waals surface area (Å²) in [4.78, 5) is 28.5. The average Bonchev–Trinajstić information content (AvgIpc) is 3.01. The van der Waals surface area contributed by atoms with Crippen LogP contribution in [0.25, 0.3) is 11.1 Å². The van der Waals surface area contributed by atoms with Crippen LogP contribution in [0.4, 0.5) is 5.69 Å². The second-order valence-corrected chi connectivity index (χ2v) is 5.59. The molecular formula is C19H18N2O4. The first kappa shape index (κ1) is 16.7. The lowest BCUT2D eigenvalue weighted by Gasteiger charge is -2.06. The Morgan fingerprint density at radius 1 is 1.12 bits per heavy atom. The van der Waals surface area contributed by atoms with Gasteiger partial charge in [-0.15, -0.1) is 0 Å². The van der Waals surface area contributed by atoms with Crippen molar-refractivity contribution in [3.63, 3.8) is 0 Å². The Balaban J connectivity index is 1.61. The lowest BCUT2D eigenvalue weighted by atomic mass is 10.1. The number of oxazole rings is 1. The molecule has 0 saturated carbocycles. The van der Waals surface area contributed by atoms with Crippen molar-refractivity contribution in [1.29, 1.82) is 0 Å². The Kier molecular flexibility index (Phi) is 4.79. The van der Waals surface area contributed by atoms with Crippen LogP contribution in [0.15, 0.2) is 46.9 Å². The molecule has 1 amide bonds. The number of Topliss-reactive ketones (excluding diaryl/α,β-unsaturated/α-hetero) is 1. The Hall–Kier alpha value is -3.15. The Morgan fingerprint density at radius 2 is 1.88 bits per heavy atom. The molecule has 3 rings (SSSR count). The molecule has 0 radical (unpaired) electrons. The average molecular weight is 338 g/mol. The quantitative estimate of drug-likeness (QED) is 0.692. The molecule has 0 unspecified atom stereocenters. The van der Waals surface area contributed by atoms with E-state index < -0.39 is 0 Å². The highest BCUT2D eigenvalue weighted by atomic mass is 16.5. The Bertz CT molecular complexity index is 913. The smallest absolute Gasteiger partial charge is 0.224 e. The number of carbonyl (C=O) groups is 2. The number of para-hydroxylation sites is 1. The van der Waals surface area contributed by atoms with Gasteiger partial charge < -0.3 is 14.5 Å². The fourth-order valence-electron chi connectivity index (χ4n) is 2.52. The highest BCUT2D eigenvalue weighted by Crippen LogP contribution is 2.24. The summed E-state index contributed by atoms with van der Waals surface area (Å²) >= 11 is 0. The molecule has 25 heavy (non-hydrogen) atoms. The van der Waals surface area contributed by atoms with E-state index in [1.165, 1.54) is 0 Å². The molecule has 6 nitrogen and oxygen atoms in total. The van der Waals surface area contributed by atoms with Crippen molar-refractivity contribution >= 4 is 28.5 Å². The summed E-state index contributed by atoms with van der Waals surface area (Å²) in [6.07, 6.45) is 0.220. The number of anilines is 1. The molecular weight excluding hydrogens is 320 g/mol. The number of nitrogens with zero attached hydrogens (tertiary/aromatic N) is 1. The fourth-order valence-corrected chi connectivity index (χ4v) is 2.52. The first-order valence-corrected chi connectivity index (χ1v) is 7.90. The van der Waals surface area contributed by atoms with Gasteiger partial charge in [-0.3, -0.25) is 9.59 Å². The summed E-state index contributed by atoms with van der Waals surface area (Å²) in [7, 11) is 1.57. The summed E-state index contributed by atoms with van der Waals surface area (Å²) in [5, 5.41) is 2.78. The van der Waals surface area contributed by atoms with Crippen molar-refractivity contribution in [3.8, 4) is 5.75 Å². The normalized spacial score (nSPS) is 10.6. The minimum Gasteiger partial charge on any atom is -0.497 e. The predicted molar refractivity (Wildman–Crippen MR) is 93.9 cm³/mol. The van der Waals surface area contributed by atoms with Crippen LogP contribution in [-0.2, 0) is 4.79 Å². The van der Waals surface area contributed by atoms with Gasteiger partial charge in [0.25, 0.3) is 0 Å². The van der Waals surface area contributed by atoms with E-state index >= 15 is 0 Å². The van der Waals surface area contributed by atoms with Crippen LogP contribution in [0.1, 0.15) is 29.1 Å². The van der Waals surface area contributed by atoms with Crippen molar-refractivity contribution in [2.24, 2.45) is 0 Å². The third kappa shape index (κ3) is 3.85. The number of benzene rings is 2. The zero-order chi connectivity index (χ0) is 17.8. The van der Waals surface area contributed by atoms with Gasteiger partial charge in [0.1, 0.15) is 11.3 Å². The fraction of sp³-hybridized carbons (Fsp3) is 0.211. The number of hydrogen-bond acceptors (Lipinski definition) is 5. The molecule has 0 saturated heterocycles. The second kappa shape index (κ2) is 7.17. The molecule has 1 aromatic heterocycles. The van der Waals surface area contributed by atoms with Gasteiger partial charge in [-0.2, -0.15) is 0 Å². The SMILES string of the molecule is COc1ccc(C(=O)CCC(=O)Nc2cccc3nc(C)oc23)cc1. The van der Waals surface area contributed by atoms with E-state index in [2.05, 4.69) is 10.3 Å². The number of nitrogens with one attached hydrogen (secondary N) is 1. The van der Waals surface area contributed by atoms with E-state index in [1.54, 1.807) is 50.4 Å². The summed E-state index contributed by atoms with van der Waals surface area (Å²) in [6.45, 7) is 1.75. The van der Waals surface area contributed by atoms with Crippen LogP contribution in [0, 0.1) is 6.92 Å². The van der Waals surface area contributed by atoms with Crippen molar-refractivity contribution in [3.05, 3.63) is 53.9 Å². The standard InChI is InChI=1S/C19H18N2O4/c1-12-20-15-4-3-5-16(19(15)25-12)21-18(23)11-10-17(22)13-6-8-14(24-2)9-7-13/h3-9H,10-11H2,1-2H3,(H,21,23). The van der Waals surface area contributed by atoms with Crippen molar-refractivity contribution in [1.82, 2.24) is 4.98 Å². The summed E-state index contributed by atoms with van der Waals surface area (Å²) < 4.78 is 10.6. The zero-order valence-corrected chi connectivity index (χ0v) is 14.0. The number of amides is 1. The molecule has 6 heteroatoms. The first-order valence-electron chi connectivity index (χ1n) is 7.90. The number of hydrogen-bond donors (Lipinski definition) is 1. The molecule has 0 bridgehead atoms. The molecule has 0 spiro atoms. The first-order chi connectivity index (χ1) is 12.1. The van der Waals surface area contributed by atoms with E-state index in [1.807, 2.05) is 6.07 Å². The third-order valence-electron chi connectivity index (χ3n) is 3.79. The molecule has 0 aliphatic heterocycles. The highest BCUT2D eigenvalue weighted by molar-refractivity contribution is 6.02. The molecule has 1 heterocycles. The number of carbonyl (C=O) groups excluding carboxylic acids is 2. The number of ketones is 1. The largest absolute Gasteiger partial charge is 0.497 e. The van der Waals surface area contributed by atoms with E-state index in [-0.39, 0.29) is 24.5 Å². The van der Waals surface area contributed by atoms with Crippen LogP contribution in [0.5, 0.6) is 5.75 Å². The van der Waals surface area contributed by atoms with Gasteiger partial charge in [0.05, 0.1) is 12.8 Å². The number of fused-ring (bicyclic) bond motifs is 1. The molecule has 0 atom stereocenters. The maximum atomic E-state index is 12.2. The van der Waals surface area contributed by atoms with Crippen molar-refractivity contribution in [2.75, 3.05) is 12.4 Å². The zero-order valence-electron chi connectivity index (χ0n) is 14.0. The van der Waals surface area contributed by atoms with Crippen LogP contribution >= 0.6 is 0 Å². The lowest BCUT2D eigenvalue weighted by Crippen LogP contribution is -2.13. The summed E-state index contributed by atoms with van der Waals surface area (Å²) in [5.41, 5.74) is 2.33. The minimum atomic E-state index is -0.247. The van der Waals surface area contributed by atoms with Crippen LogP contribution in [0.2, 0.25) is 0 Å². The van der Waals surface area contributed by atoms with Crippen molar-refractivity contribution in [2.45, 2.75) is 19.8 Å². The third-order valence-corrected chi connectivity index (χ3v) is 3.79. The molecule has 0 aliphatic rings. The van der Waals surface area contributed by atoms with Crippen molar-refractivity contribution < 1.29 is 18.7 Å². The van der Waals surface area contributed by atoms with E-state index in [9.17, 15) is 9.59 Å². The number of methoxy groups -OCH3 is 1. The second-order valence-electron chi connectivity index (χ2n) is 5.59. The van der Waals surface area contributed by atoms with Crippen LogP contribution in [-0.4, -0.2) is 23.8 Å². The lowest BCUT2D eigenvalue weighted by molar-refractivity contribution is -0.116. The van der Waals surface area contributed by atoms with Gasteiger partial charge in [-0.25, -0.2) is 4.98 Å². The monoisotopic (exact) mass is 338 g/mol. The molecule has 3 aromatic rings. The number of aromatic nitrogens is 1. The number of aryl methyl sites for hydroxylation is 1. The maximum absolute atomic E-state index is 12.2. The molecule has 128 valence electrons. The van der Waals surface area contributed by atoms with Gasteiger partial charge in [0.15, 0.2) is 17.3 Å². The van der Waals surface area contributed by atoms with Gasteiger partial charge >= 0.3 is 0 Å². The minimum absolute atomic E-state index is 0.0912. The highest BCUT2D eigenvalue weighted by Gasteiger charge is 2.13. The van der Waals surface area contributed by atoms with Gasteiger partial charge in [-0.1, -0.05) is 6.07 Å². The molecule has 1 N–H and O–H groups in total. The van der Waals surface area contributed by atoms with Crippen LogP contribution in [0.3, 0.4) is 0 Å². The predicted octanol–water partition coefficient (Wildman–Crippen LogP) is 3.75. The Labute approximate surface area is 144 Å². The van der Waals surface area contributed by atoms with Crippen LogP contribution < -0.4 is 10.1 Å². The van der Waals surface area contributed by atoms with Gasteiger partial charge in [0.2, 0.25) is 5.91 Å². The summed E-state index contributed by atoms with van der Waals surface area (Å²) in [5.74, 6) is 0.881. The van der Waals surface area contributed by atoms with E-state index in [0.717, 1.165) is 0 Å². The van der Waals surface area contributed by atoms with E-state index in [4.69, 9.17) is 9.15 Å². The number of rotatable bonds is 6. The summed E-state index contributed by atoms with van der Waals surface area (Å²) in [6, 6.07) is 12.2.